The Labute approximate surface area is 175 Å². The highest BCUT2D eigenvalue weighted by atomic mass is 35.5. The molecule has 2 aromatic carbocycles. The number of hydrogen-bond donors (Lipinski definition) is 1. The number of carbonyl (C=O) groups excluding carboxylic acids is 1. The van der Waals surface area contributed by atoms with Crippen molar-refractivity contribution in [3.63, 3.8) is 0 Å². The summed E-state index contributed by atoms with van der Waals surface area (Å²) in [5, 5.41) is 3.98. The molecule has 0 spiro atoms. The maximum Gasteiger partial charge on any atom is 0.224 e. The van der Waals surface area contributed by atoms with Crippen LogP contribution in [0, 0.1) is 0 Å². The van der Waals surface area contributed by atoms with Gasteiger partial charge in [0, 0.05) is 12.0 Å². The minimum absolute atomic E-state index is 0.109. The fourth-order valence-corrected chi connectivity index (χ4v) is 3.12. The monoisotopic (exact) mass is 425 g/mol. The van der Waals surface area contributed by atoms with Gasteiger partial charge in [-0.05, 0) is 35.4 Å². The quantitative estimate of drug-likeness (QED) is 0.668. The van der Waals surface area contributed by atoms with Gasteiger partial charge >= 0.3 is 0 Å². The largest absolute Gasteiger partial charge is 0.493 e. The molecule has 0 radical (unpaired) electrons. The first kappa shape index (κ1) is 22.2. The molecule has 0 saturated heterocycles. The third kappa shape index (κ3) is 5.24. The van der Waals surface area contributed by atoms with E-state index >= 15 is 0 Å². The summed E-state index contributed by atoms with van der Waals surface area (Å²) in [6.45, 7) is 4.52. The van der Waals surface area contributed by atoms with E-state index in [0.717, 1.165) is 11.1 Å². The lowest BCUT2D eigenvalue weighted by atomic mass is 9.84. The number of amides is 1. The number of hydrogen-bond acceptors (Lipinski definition) is 4. The summed E-state index contributed by atoms with van der Waals surface area (Å²) in [6.07, 6.45) is 0.189. The number of methoxy groups -OCH3 is 3. The van der Waals surface area contributed by atoms with Crippen molar-refractivity contribution >= 4 is 29.1 Å². The summed E-state index contributed by atoms with van der Waals surface area (Å²) < 4.78 is 16.0. The zero-order valence-electron chi connectivity index (χ0n) is 16.7. The molecule has 0 aromatic heterocycles. The second-order valence-corrected chi connectivity index (χ2v) is 7.81. The molecular formula is C21H25Cl2NO4. The average molecular weight is 426 g/mol. The number of carbonyl (C=O) groups is 1. The normalized spacial score (nSPS) is 11.1. The highest BCUT2D eigenvalue weighted by Crippen LogP contribution is 2.38. The molecule has 0 unspecified atom stereocenters. The van der Waals surface area contributed by atoms with E-state index in [1.54, 1.807) is 32.4 Å². The van der Waals surface area contributed by atoms with Crippen molar-refractivity contribution in [2.75, 3.05) is 27.9 Å². The first-order valence-electron chi connectivity index (χ1n) is 8.73. The van der Waals surface area contributed by atoms with Crippen molar-refractivity contribution in [3.8, 4) is 17.2 Å². The first-order chi connectivity index (χ1) is 13.2. The van der Waals surface area contributed by atoms with E-state index in [9.17, 15) is 4.79 Å². The second kappa shape index (κ2) is 9.39. The zero-order valence-corrected chi connectivity index (χ0v) is 18.2. The summed E-state index contributed by atoms with van der Waals surface area (Å²) in [5.74, 6) is 1.42. The van der Waals surface area contributed by atoms with Crippen LogP contribution in [0.15, 0.2) is 30.3 Å². The van der Waals surface area contributed by atoms with Crippen LogP contribution in [0.4, 0.5) is 0 Å². The molecule has 0 saturated carbocycles. The summed E-state index contributed by atoms with van der Waals surface area (Å²) in [6, 6.07) is 9.05. The molecule has 0 aliphatic heterocycles. The number of benzene rings is 2. The van der Waals surface area contributed by atoms with Crippen LogP contribution in [0.5, 0.6) is 17.2 Å². The highest BCUT2D eigenvalue weighted by molar-refractivity contribution is 6.42. The number of nitrogens with one attached hydrogen (secondary N) is 1. The molecule has 1 N–H and O–H groups in total. The van der Waals surface area contributed by atoms with Crippen LogP contribution < -0.4 is 19.5 Å². The Balaban J connectivity index is 2.08. The maximum absolute atomic E-state index is 12.5. The standard InChI is InChI=1S/C21H25Cl2NO4/c1-21(2,14-6-7-15(22)16(23)11-14)12-24-19(25)10-13-8-17(26-3)20(28-5)18(9-13)27-4/h6-9,11H,10,12H2,1-5H3,(H,24,25). The SMILES string of the molecule is COc1cc(CC(=O)NCC(C)(C)c2ccc(Cl)c(Cl)c2)cc(OC)c1OC. The van der Waals surface area contributed by atoms with Crippen LogP contribution in [-0.2, 0) is 16.6 Å². The molecule has 0 heterocycles. The molecule has 0 aliphatic rings. The molecule has 0 fully saturated rings. The van der Waals surface area contributed by atoms with Crippen molar-refractivity contribution in [2.24, 2.45) is 0 Å². The Kier molecular flexibility index (Phi) is 7.44. The Morgan fingerprint density at radius 2 is 1.57 bits per heavy atom. The van der Waals surface area contributed by atoms with Crippen molar-refractivity contribution in [1.29, 1.82) is 0 Å². The van der Waals surface area contributed by atoms with Gasteiger partial charge in [-0.1, -0.05) is 43.1 Å². The Bertz CT molecular complexity index is 827. The van der Waals surface area contributed by atoms with Gasteiger partial charge in [0.15, 0.2) is 11.5 Å². The van der Waals surface area contributed by atoms with E-state index in [-0.39, 0.29) is 17.7 Å². The Morgan fingerprint density at radius 3 is 2.07 bits per heavy atom. The van der Waals surface area contributed by atoms with Crippen molar-refractivity contribution in [2.45, 2.75) is 25.7 Å². The first-order valence-corrected chi connectivity index (χ1v) is 9.48. The van der Waals surface area contributed by atoms with Gasteiger partial charge in [0.1, 0.15) is 0 Å². The summed E-state index contributed by atoms with van der Waals surface area (Å²) in [4.78, 5) is 12.5. The second-order valence-electron chi connectivity index (χ2n) is 7.00. The fraction of sp³-hybridized carbons (Fsp3) is 0.381. The number of halogens is 2. The predicted octanol–water partition coefficient (Wildman–Crippen LogP) is 4.66. The summed E-state index contributed by atoms with van der Waals surface area (Å²) in [5.41, 5.74) is 1.45. The zero-order chi connectivity index (χ0) is 20.9. The molecule has 5 nitrogen and oxygen atoms in total. The van der Waals surface area contributed by atoms with Crippen LogP contribution in [-0.4, -0.2) is 33.8 Å². The van der Waals surface area contributed by atoms with E-state index in [1.165, 1.54) is 7.11 Å². The molecule has 28 heavy (non-hydrogen) atoms. The Hall–Kier alpha value is -2.11. The van der Waals surface area contributed by atoms with Crippen LogP contribution >= 0.6 is 23.2 Å². The van der Waals surface area contributed by atoms with E-state index in [1.807, 2.05) is 26.0 Å². The molecule has 0 aliphatic carbocycles. The molecule has 7 heteroatoms. The fourth-order valence-electron chi connectivity index (χ4n) is 2.82. The lowest BCUT2D eigenvalue weighted by Gasteiger charge is -2.26. The van der Waals surface area contributed by atoms with Crippen LogP contribution in [0.25, 0.3) is 0 Å². The molecular weight excluding hydrogens is 401 g/mol. The lowest BCUT2D eigenvalue weighted by molar-refractivity contribution is -0.120. The van der Waals surface area contributed by atoms with Gasteiger partial charge in [-0.15, -0.1) is 0 Å². The van der Waals surface area contributed by atoms with Crippen molar-refractivity contribution in [1.82, 2.24) is 5.32 Å². The maximum atomic E-state index is 12.5. The molecule has 2 rings (SSSR count). The van der Waals surface area contributed by atoms with E-state index in [4.69, 9.17) is 37.4 Å². The van der Waals surface area contributed by atoms with Gasteiger partial charge in [0.2, 0.25) is 11.7 Å². The van der Waals surface area contributed by atoms with Crippen LogP contribution in [0.2, 0.25) is 10.0 Å². The molecule has 152 valence electrons. The van der Waals surface area contributed by atoms with E-state index < -0.39 is 0 Å². The molecule has 1 amide bonds. The summed E-state index contributed by atoms with van der Waals surface area (Å²) >= 11 is 12.1. The van der Waals surface area contributed by atoms with Gasteiger partial charge in [-0.2, -0.15) is 0 Å². The predicted molar refractivity (Wildman–Crippen MR) is 112 cm³/mol. The lowest BCUT2D eigenvalue weighted by Crippen LogP contribution is -2.37. The van der Waals surface area contributed by atoms with Crippen molar-refractivity contribution < 1.29 is 19.0 Å². The van der Waals surface area contributed by atoms with Crippen LogP contribution in [0.3, 0.4) is 0 Å². The van der Waals surface area contributed by atoms with Gasteiger partial charge in [-0.25, -0.2) is 0 Å². The molecule has 0 atom stereocenters. The Morgan fingerprint density at radius 1 is 0.964 bits per heavy atom. The summed E-state index contributed by atoms with van der Waals surface area (Å²) in [7, 11) is 4.62. The van der Waals surface area contributed by atoms with E-state index in [2.05, 4.69) is 5.32 Å². The van der Waals surface area contributed by atoms with Gasteiger partial charge < -0.3 is 19.5 Å². The number of ether oxygens (including phenoxy) is 3. The minimum atomic E-state index is -0.306. The topological polar surface area (TPSA) is 56.8 Å². The van der Waals surface area contributed by atoms with Crippen molar-refractivity contribution in [3.05, 3.63) is 51.5 Å². The molecule has 0 bridgehead atoms. The highest BCUT2D eigenvalue weighted by Gasteiger charge is 2.23. The smallest absolute Gasteiger partial charge is 0.224 e. The van der Waals surface area contributed by atoms with Gasteiger partial charge in [-0.3, -0.25) is 4.79 Å². The molecule has 2 aromatic rings. The average Bonchev–Trinajstić information content (AvgIpc) is 2.67. The third-order valence-electron chi connectivity index (χ3n) is 4.52. The number of rotatable bonds is 8. The van der Waals surface area contributed by atoms with Crippen LogP contribution in [0.1, 0.15) is 25.0 Å². The van der Waals surface area contributed by atoms with E-state index in [0.29, 0.717) is 33.8 Å². The minimum Gasteiger partial charge on any atom is -0.493 e. The third-order valence-corrected chi connectivity index (χ3v) is 5.26. The van der Waals surface area contributed by atoms with Gasteiger partial charge in [0.25, 0.3) is 0 Å². The van der Waals surface area contributed by atoms with Gasteiger partial charge in [0.05, 0.1) is 37.8 Å².